The zero-order valence-corrected chi connectivity index (χ0v) is 20.2. The van der Waals surface area contributed by atoms with Gasteiger partial charge >= 0.3 is 0 Å². The van der Waals surface area contributed by atoms with Gasteiger partial charge in [0, 0.05) is 26.1 Å². The first-order valence-electron chi connectivity index (χ1n) is 10.3. The Kier molecular flexibility index (Phi) is 9.67. The van der Waals surface area contributed by atoms with E-state index in [1.807, 2.05) is 36.9 Å². The van der Waals surface area contributed by atoms with Crippen molar-refractivity contribution in [3.8, 4) is 0 Å². The van der Waals surface area contributed by atoms with Crippen LogP contribution in [0.1, 0.15) is 49.4 Å². The maximum absolute atomic E-state index is 13.5. The Balaban J connectivity index is 0.00000341. The molecular weight excluding hydrogens is 513 g/mol. The molecule has 31 heavy (non-hydrogen) atoms. The van der Waals surface area contributed by atoms with E-state index >= 15 is 0 Å². The summed E-state index contributed by atoms with van der Waals surface area (Å²) in [6, 6.07) is 11.7. The van der Waals surface area contributed by atoms with Crippen molar-refractivity contribution < 1.29 is 13.6 Å². The summed E-state index contributed by atoms with van der Waals surface area (Å²) in [7, 11) is 0. The minimum Gasteiger partial charge on any atom is -0.357 e. The first kappa shape index (κ1) is 25.0. The summed E-state index contributed by atoms with van der Waals surface area (Å²) >= 11 is 0. The highest BCUT2D eigenvalue weighted by atomic mass is 127. The second-order valence-electron chi connectivity index (χ2n) is 7.47. The van der Waals surface area contributed by atoms with Crippen molar-refractivity contribution in [1.29, 1.82) is 0 Å². The third kappa shape index (κ3) is 7.15. The molecule has 1 atom stereocenters. The monoisotopic (exact) mass is 542 g/mol. The van der Waals surface area contributed by atoms with Gasteiger partial charge in [0.2, 0.25) is 5.91 Å². The van der Waals surface area contributed by atoms with E-state index in [1.165, 1.54) is 6.07 Å². The van der Waals surface area contributed by atoms with E-state index in [1.54, 1.807) is 6.07 Å². The standard InChI is InChI=1S/C23H28F2N4O.HI/c1-3-26-23(28-16(2)19-9-10-20(24)21(25)13-19)27-14-17-6-4-7-18(12-17)15-29-11-5-8-22(29)30;/h4,6-7,9-10,12-13,16H,3,5,8,11,14-15H2,1-2H3,(H2,26,27,28);1H. The fourth-order valence-corrected chi connectivity index (χ4v) is 3.48. The van der Waals surface area contributed by atoms with E-state index in [-0.39, 0.29) is 35.9 Å². The summed E-state index contributed by atoms with van der Waals surface area (Å²) in [5.74, 6) is -0.920. The van der Waals surface area contributed by atoms with Crippen molar-refractivity contribution in [2.24, 2.45) is 4.99 Å². The number of rotatable bonds is 7. The molecule has 2 aromatic rings. The van der Waals surface area contributed by atoms with E-state index < -0.39 is 11.6 Å². The van der Waals surface area contributed by atoms with Crippen LogP contribution < -0.4 is 10.6 Å². The average molecular weight is 542 g/mol. The lowest BCUT2D eigenvalue weighted by molar-refractivity contribution is -0.128. The molecule has 2 aromatic carbocycles. The Morgan fingerprint density at radius 3 is 2.61 bits per heavy atom. The van der Waals surface area contributed by atoms with Crippen molar-refractivity contribution in [2.45, 2.75) is 45.8 Å². The third-order valence-electron chi connectivity index (χ3n) is 5.10. The van der Waals surface area contributed by atoms with Crippen LogP contribution in [-0.4, -0.2) is 29.9 Å². The number of amides is 1. The lowest BCUT2D eigenvalue weighted by Gasteiger charge is -2.18. The maximum Gasteiger partial charge on any atom is 0.222 e. The van der Waals surface area contributed by atoms with Gasteiger partial charge in [-0.3, -0.25) is 4.79 Å². The van der Waals surface area contributed by atoms with Crippen LogP contribution in [0.5, 0.6) is 0 Å². The Morgan fingerprint density at radius 1 is 1.16 bits per heavy atom. The summed E-state index contributed by atoms with van der Waals surface area (Å²) in [6.07, 6.45) is 1.56. The Labute approximate surface area is 199 Å². The summed E-state index contributed by atoms with van der Waals surface area (Å²) < 4.78 is 26.7. The van der Waals surface area contributed by atoms with Crippen LogP contribution in [0.4, 0.5) is 8.78 Å². The van der Waals surface area contributed by atoms with Gasteiger partial charge in [-0.15, -0.1) is 24.0 Å². The highest BCUT2D eigenvalue weighted by Gasteiger charge is 2.20. The van der Waals surface area contributed by atoms with Gasteiger partial charge in [0.25, 0.3) is 0 Å². The molecule has 0 aromatic heterocycles. The van der Waals surface area contributed by atoms with Crippen LogP contribution in [0.2, 0.25) is 0 Å². The van der Waals surface area contributed by atoms with Crippen LogP contribution in [0.25, 0.3) is 0 Å². The first-order valence-corrected chi connectivity index (χ1v) is 10.3. The van der Waals surface area contributed by atoms with Crippen LogP contribution in [0, 0.1) is 11.6 Å². The van der Waals surface area contributed by atoms with E-state index in [0.717, 1.165) is 30.2 Å². The average Bonchev–Trinajstić information content (AvgIpc) is 3.13. The quantitative estimate of drug-likeness (QED) is 0.308. The second kappa shape index (κ2) is 12.0. The lowest BCUT2D eigenvalue weighted by Crippen LogP contribution is -2.38. The minimum absolute atomic E-state index is 0. The molecule has 3 rings (SSSR count). The molecule has 1 heterocycles. The number of likely N-dealkylation sites (tertiary alicyclic amines) is 1. The van der Waals surface area contributed by atoms with Gasteiger partial charge in [0.1, 0.15) is 0 Å². The van der Waals surface area contributed by atoms with Crippen molar-refractivity contribution in [3.63, 3.8) is 0 Å². The van der Waals surface area contributed by atoms with Gasteiger partial charge in [-0.25, -0.2) is 13.8 Å². The highest BCUT2D eigenvalue weighted by Crippen LogP contribution is 2.17. The molecule has 0 bridgehead atoms. The predicted molar refractivity (Wildman–Crippen MR) is 129 cm³/mol. The molecule has 1 fully saturated rings. The SMILES string of the molecule is CCNC(=NCc1cccc(CN2CCCC2=O)c1)NC(C)c1ccc(F)c(F)c1.I. The largest absolute Gasteiger partial charge is 0.357 e. The van der Waals surface area contributed by atoms with Gasteiger partial charge < -0.3 is 15.5 Å². The van der Waals surface area contributed by atoms with Gasteiger partial charge in [0.05, 0.1) is 12.6 Å². The summed E-state index contributed by atoms with van der Waals surface area (Å²) in [4.78, 5) is 18.4. The number of halogens is 3. The number of benzene rings is 2. The van der Waals surface area contributed by atoms with E-state index in [0.29, 0.717) is 37.6 Å². The van der Waals surface area contributed by atoms with Crippen molar-refractivity contribution in [3.05, 3.63) is 70.8 Å². The first-order chi connectivity index (χ1) is 14.5. The van der Waals surface area contributed by atoms with Crippen molar-refractivity contribution >= 4 is 35.8 Å². The number of hydrogen-bond acceptors (Lipinski definition) is 2. The van der Waals surface area contributed by atoms with E-state index in [2.05, 4.69) is 21.7 Å². The highest BCUT2D eigenvalue weighted by molar-refractivity contribution is 14.0. The van der Waals surface area contributed by atoms with Crippen LogP contribution >= 0.6 is 24.0 Å². The molecule has 0 radical (unpaired) electrons. The number of carbonyl (C=O) groups excluding carboxylic acids is 1. The smallest absolute Gasteiger partial charge is 0.222 e. The molecule has 1 unspecified atom stereocenters. The predicted octanol–water partition coefficient (Wildman–Crippen LogP) is 4.52. The molecule has 0 spiro atoms. The maximum atomic E-state index is 13.5. The van der Waals surface area contributed by atoms with Crippen molar-refractivity contribution in [1.82, 2.24) is 15.5 Å². The van der Waals surface area contributed by atoms with Gasteiger partial charge in [0.15, 0.2) is 17.6 Å². The Morgan fingerprint density at radius 2 is 1.94 bits per heavy atom. The van der Waals surface area contributed by atoms with Crippen molar-refractivity contribution in [2.75, 3.05) is 13.1 Å². The molecule has 1 amide bonds. The van der Waals surface area contributed by atoms with E-state index in [9.17, 15) is 13.6 Å². The van der Waals surface area contributed by atoms with Gasteiger partial charge in [-0.05, 0) is 49.1 Å². The lowest BCUT2D eigenvalue weighted by atomic mass is 10.1. The van der Waals surface area contributed by atoms with Crippen LogP contribution in [-0.2, 0) is 17.9 Å². The molecule has 8 heteroatoms. The molecule has 1 saturated heterocycles. The molecule has 168 valence electrons. The topological polar surface area (TPSA) is 56.7 Å². The number of nitrogens with zero attached hydrogens (tertiary/aromatic N) is 2. The molecule has 0 saturated carbocycles. The number of aliphatic imine (C=N–C) groups is 1. The van der Waals surface area contributed by atoms with Crippen LogP contribution in [0.3, 0.4) is 0 Å². The Bertz CT molecular complexity index is 922. The normalized spacial score (nSPS) is 14.9. The van der Waals surface area contributed by atoms with Crippen LogP contribution in [0.15, 0.2) is 47.5 Å². The molecular formula is C23H29F2IN4O. The summed E-state index contributed by atoms with van der Waals surface area (Å²) in [5.41, 5.74) is 2.76. The van der Waals surface area contributed by atoms with E-state index in [4.69, 9.17) is 0 Å². The zero-order chi connectivity index (χ0) is 21.5. The molecule has 2 N–H and O–H groups in total. The molecule has 0 aliphatic carbocycles. The molecule has 1 aliphatic heterocycles. The number of nitrogens with one attached hydrogen (secondary N) is 2. The number of carbonyl (C=O) groups is 1. The zero-order valence-electron chi connectivity index (χ0n) is 17.8. The minimum atomic E-state index is -0.864. The van der Waals surface area contributed by atoms with Gasteiger partial charge in [-0.1, -0.05) is 30.3 Å². The fourth-order valence-electron chi connectivity index (χ4n) is 3.48. The summed E-state index contributed by atoms with van der Waals surface area (Å²) in [6.45, 7) is 6.41. The molecule has 1 aliphatic rings. The third-order valence-corrected chi connectivity index (χ3v) is 5.10. The number of guanidine groups is 1. The Hall–Kier alpha value is -2.23. The summed E-state index contributed by atoms with van der Waals surface area (Å²) in [5, 5.41) is 6.40. The fraction of sp³-hybridized carbons (Fsp3) is 0.391. The number of hydrogen-bond donors (Lipinski definition) is 2. The molecule has 5 nitrogen and oxygen atoms in total. The van der Waals surface area contributed by atoms with Gasteiger partial charge in [-0.2, -0.15) is 0 Å². The second-order valence-corrected chi connectivity index (χ2v) is 7.47.